The summed E-state index contributed by atoms with van der Waals surface area (Å²) in [6, 6.07) is 5.61. The number of methoxy groups -OCH3 is 1. The van der Waals surface area contributed by atoms with Gasteiger partial charge >= 0.3 is 6.18 Å². The van der Waals surface area contributed by atoms with Crippen LogP contribution in [0.25, 0.3) is 0 Å². The van der Waals surface area contributed by atoms with Crippen molar-refractivity contribution in [1.82, 2.24) is 4.98 Å². The number of alkyl halides is 3. The van der Waals surface area contributed by atoms with Crippen LogP contribution in [0.1, 0.15) is 32.7 Å². The summed E-state index contributed by atoms with van der Waals surface area (Å²) < 4.78 is 44.5. The number of nitrogens with one attached hydrogen (secondary N) is 2. The van der Waals surface area contributed by atoms with Crippen LogP contribution in [0, 0.1) is 23.7 Å². The van der Waals surface area contributed by atoms with Gasteiger partial charge in [-0.05, 0) is 30.7 Å². The minimum absolute atomic E-state index is 0.185. The lowest BCUT2D eigenvalue weighted by atomic mass is 10.0. The normalized spacial score (nSPS) is 10.8. The fourth-order valence-electron chi connectivity index (χ4n) is 2.42. The van der Waals surface area contributed by atoms with E-state index in [-0.39, 0.29) is 22.8 Å². The molecule has 0 aliphatic rings. The second-order valence-electron chi connectivity index (χ2n) is 5.42. The quantitative estimate of drug-likeness (QED) is 0.431. The van der Waals surface area contributed by atoms with Crippen LogP contribution in [-0.4, -0.2) is 23.9 Å². The molecular formula is C17H14F3N5O2. The standard InChI is InChI=1S/C17H14F3N5O2/c1-8-13(17(18,19)20)9(6-21)7-24-14(8)16(26)25-10-3-4-12(22)11(5-10)15(23)27-2/h3-5,7,23H,22H2,1-2H3,(H,25,26). The third-order valence-electron chi connectivity index (χ3n) is 3.70. The minimum Gasteiger partial charge on any atom is -0.481 e. The number of anilines is 2. The fraction of sp³-hybridized carbons (Fsp3) is 0.176. The molecule has 0 unspecified atom stereocenters. The van der Waals surface area contributed by atoms with Crippen molar-refractivity contribution in [2.24, 2.45) is 0 Å². The highest BCUT2D eigenvalue weighted by atomic mass is 19.4. The molecule has 0 spiro atoms. The molecule has 27 heavy (non-hydrogen) atoms. The smallest absolute Gasteiger partial charge is 0.418 e. The van der Waals surface area contributed by atoms with E-state index in [0.29, 0.717) is 6.20 Å². The molecule has 10 heteroatoms. The summed E-state index contributed by atoms with van der Waals surface area (Å²) in [7, 11) is 1.27. The van der Waals surface area contributed by atoms with Gasteiger partial charge in [-0.2, -0.15) is 18.4 Å². The van der Waals surface area contributed by atoms with E-state index in [9.17, 15) is 18.0 Å². The summed E-state index contributed by atoms with van der Waals surface area (Å²) in [5, 5.41) is 18.9. The summed E-state index contributed by atoms with van der Waals surface area (Å²) in [6.45, 7) is 1.07. The number of nitrogens with two attached hydrogens (primary N) is 1. The zero-order valence-electron chi connectivity index (χ0n) is 14.2. The fourth-order valence-corrected chi connectivity index (χ4v) is 2.42. The van der Waals surface area contributed by atoms with Crippen molar-refractivity contribution in [2.45, 2.75) is 13.1 Å². The van der Waals surface area contributed by atoms with Crippen molar-refractivity contribution < 1.29 is 22.7 Å². The first-order valence-electron chi connectivity index (χ1n) is 7.40. The lowest BCUT2D eigenvalue weighted by Crippen LogP contribution is -2.20. The molecule has 0 saturated carbocycles. The number of amides is 1. The number of nitriles is 1. The van der Waals surface area contributed by atoms with Gasteiger partial charge < -0.3 is 15.8 Å². The zero-order valence-corrected chi connectivity index (χ0v) is 14.2. The Morgan fingerprint density at radius 2 is 2.07 bits per heavy atom. The van der Waals surface area contributed by atoms with Crippen LogP contribution in [0.15, 0.2) is 24.4 Å². The number of nitrogen functional groups attached to an aromatic ring is 1. The van der Waals surface area contributed by atoms with Gasteiger partial charge in [-0.15, -0.1) is 0 Å². The summed E-state index contributed by atoms with van der Waals surface area (Å²) in [5.74, 6) is -1.14. The van der Waals surface area contributed by atoms with Crippen LogP contribution in [0.2, 0.25) is 0 Å². The molecule has 7 nitrogen and oxygen atoms in total. The van der Waals surface area contributed by atoms with Gasteiger partial charge in [0.05, 0.1) is 23.8 Å². The Morgan fingerprint density at radius 1 is 1.41 bits per heavy atom. The number of pyridine rings is 1. The maximum Gasteiger partial charge on any atom is 0.418 e. The van der Waals surface area contributed by atoms with E-state index in [1.807, 2.05) is 0 Å². The Hall–Kier alpha value is -3.61. The number of hydrogen-bond donors (Lipinski definition) is 3. The molecule has 0 fully saturated rings. The molecule has 1 aromatic heterocycles. The Kier molecular flexibility index (Phi) is 5.35. The van der Waals surface area contributed by atoms with Crippen molar-refractivity contribution in [3.05, 3.63) is 52.3 Å². The van der Waals surface area contributed by atoms with E-state index in [1.165, 1.54) is 31.4 Å². The predicted molar refractivity (Wildman–Crippen MR) is 91.3 cm³/mol. The summed E-state index contributed by atoms with van der Waals surface area (Å²) >= 11 is 0. The van der Waals surface area contributed by atoms with Gasteiger partial charge in [0.1, 0.15) is 11.8 Å². The molecule has 0 saturated heterocycles. The number of nitrogens with zero attached hydrogens (tertiary/aromatic N) is 2. The Balaban J connectivity index is 2.43. The Labute approximate surface area is 152 Å². The van der Waals surface area contributed by atoms with Crippen LogP contribution in [0.4, 0.5) is 24.5 Å². The van der Waals surface area contributed by atoms with Crippen LogP contribution >= 0.6 is 0 Å². The average Bonchev–Trinajstić information content (AvgIpc) is 2.60. The number of carbonyl (C=O) groups excluding carboxylic acids is 1. The Morgan fingerprint density at radius 3 is 2.63 bits per heavy atom. The third kappa shape index (κ3) is 3.98. The molecule has 0 radical (unpaired) electrons. The average molecular weight is 377 g/mol. The monoisotopic (exact) mass is 377 g/mol. The number of hydrogen-bond acceptors (Lipinski definition) is 6. The highest BCUT2D eigenvalue weighted by Crippen LogP contribution is 2.35. The molecule has 0 atom stereocenters. The van der Waals surface area contributed by atoms with Gasteiger partial charge in [-0.25, -0.2) is 4.98 Å². The van der Waals surface area contributed by atoms with E-state index in [2.05, 4.69) is 10.3 Å². The number of ether oxygens (including phenoxy) is 1. The largest absolute Gasteiger partial charge is 0.481 e. The highest BCUT2D eigenvalue weighted by Gasteiger charge is 2.37. The number of aromatic nitrogens is 1. The van der Waals surface area contributed by atoms with Gasteiger partial charge in [0.15, 0.2) is 0 Å². The zero-order chi connectivity index (χ0) is 20.4. The predicted octanol–water partition coefficient (Wildman–Crippen LogP) is 3.09. The number of benzene rings is 1. The third-order valence-corrected chi connectivity index (χ3v) is 3.70. The van der Waals surface area contributed by atoms with Gasteiger partial charge in [-0.1, -0.05) is 0 Å². The first-order valence-corrected chi connectivity index (χ1v) is 7.40. The van der Waals surface area contributed by atoms with E-state index in [1.54, 1.807) is 0 Å². The molecule has 0 aliphatic heterocycles. The van der Waals surface area contributed by atoms with E-state index >= 15 is 0 Å². The second kappa shape index (κ2) is 7.33. The van der Waals surface area contributed by atoms with E-state index in [0.717, 1.165) is 6.92 Å². The van der Waals surface area contributed by atoms with Crippen LogP contribution in [0.3, 0.4) is 0 Å². The second-order valence-corrected chi connectivity index (χ2v) is 5.42. The molecular weight excluding hydrogens is 363 g/mol. The van der Waals surface area contributed by atoms with Crippen molar-refractivity contribution in [3.63, 3.8) is 0 Å². The first-order chi connectivity index (χ1) is 12.6. The van der Waals surface area contributed by atoms with Gasteiger partial charge in [0.25, 0.3) is 5.91 Å². The molecule has 4 N–H and O–H groups in total. The Bertz CT molecular complexity index is 964. The van der Waals surface area contributed by atoms with Gasteiger partial charge in [-0.3, -0.25) is 10.2 Å². The van der Waals surface area contributed by atoms with E-state index in [4.69, 9.17) is 21.1 Å². The number of halogens is 3. The molecule has 0 aliphatic carbocycles. The maximum atomic E-state index is 13.2. The molecule has 2 rings (SSSR count). The van der Waals surface area contributed by atoms with Crippen molar-refractivity contribution in [2.75, 3.05) is 18.2 Å². The number of rotatable bonds is 3. The lowest BCUT2D eigenvalue weighted by molar-refractivity contribution is -0.138. The van der Waals surface area contributed by atoms with Crippen LogP contribution in [-0.2, 0) is 10.9 Å². The van der Waals surface area contributed by atoms with Crippen molar-refractivity contribution >= 4 is 23.2 Å². The molecule has 140 valence electrons. The molecule has 0 bridgehead atoms. The van der Waals surface area contributed by atoms with Crippen LogP contribution < -0.4 is 11.1 Å². The minimum atomic E-state index is -4.81. The van der Waals surface area contributed by atoms with Gasteiger partial charge in [0, 0.05) is 17.6 Å². The van der Waals surface area contributed by atoms with Crippen molar-refractivity contribution in [3.8, 4) is 6.07 Å². The van der Waals surface area contributed by atoms with Crippen molar-refractivity contribution in [1.29, 1.82) is 10.7 Å². The van der Waals surface area contributed by atoms with E-state index < -0.39 is 34.5 Å². The summed E-state index contributed by atoms with van der Waals surface area (Å²) in [4.78, 5) is 16.1. The highest BCUT2D eigenvalue weighted by molar-refractivity contribution is 6.05. The molecule has 1 amide bonds. The summed E-state index contributed by atoms with van der Waals surface area (Å²) in [6.07, 6.45) is -4.10. The van der Waals surface area contributed by atoms with Crippen LogP contribution in [0.5, 0.6) is 0 Å². The SMILES string of the molecule is COC(=N)c1cc(NC(=O)c2ncc(C#N)c(C(F)(F)F)c2C)ccc1N. The molecule has 2 aromatic rings. The van der Waals surface area contributed by atoms with Gasteiger partial charge in [0.2, 0.25) is 5.90 Å². The molecule has 1 heterocycles. The number of carbonyl (C=O) groups is 1. The molecule has 1 aromatic carbocycles. The topological polar surface area (TPSA) is 125 Å². The maximum absolute atomic E-state index is 13.2. The first kappa shape index (κ1) is 19.7. The lowest BCUT2D eigenvalue weighted by Gasteiger charge is -2.15. The summed E-state index contributed by atoms with van der Waals surface area (Å²) in [5.41, 5.74) is 3.55.